The van der Waals surface area contributed by atoms with Crippen molar-refractivity contribution >= 4 is 38.8 Å². The fourth-order valence-corrected chi connectivity index (χ4v) is 6.17. The topological polar surface area (TPSA) is 138 Å². The van der Waals surface area contributed by atoms with Crippen molar-refractivity contribution in [3.8, 4) is 0 Å². The summed E-state index contributed by atoms with van der Waals surface area (Å²) in [5.74, 6) is -1.20. The molecular formula is C25H34N4O7S. The highest BCUT2D eigenvalue weighted by atomic mass is 32.2. The molecule has 2 amide bonds. The normalized spacial score (nSPS) is 21.1. The van der Waals surface area contributed by atoms with Gasteiger partial charge in [-0.3, -0.25) is 14.4 Å². The Bertz CT molecular complexity index is 1200. The lowest BCUT2D eigenvalue weighted by Gasteiger charge is -2.31. The van der Waals surface area contributed by atoms with Crippen LogP contribution in [0, 0.1) is 5.92 Å². The van der Waals surface area contributed by atoms with E-state index in [1.165, 1.54) is 8.61 Å². The Morgan fingerprint density at radius 3 is 2.54 bits per heavy atom. The molecule has 1 aromatic heterocycles. The van der Waals surface area contributed by atoms with Crippen LogP contribution in [0.4, 0.5) is 0 Å². The molecule has 0 spiro atoms. The first-order valence-corrected chi connectivity index (χ1v) is 14.0. The molecule has 0 aliphatic carbocycles. The molecule has 11 nitrogen and oxygen atoms in total. The maximum absolute atomic E-state index is 13.2. The third-order valence-corrected chi connectivity index (χ3v) is 8.52. The number of hydrogen-bond acceptors (Lipinski definition) is 7. The van der Waals surface area contributed by atoms with Crippen LogP contribution in [0.25, 0.3) is 11.0 Å². The number of hydrogen-bond donors (Lipinski definition) is 2. The van der Waals surface area contributed by atoms with E-state index in [1.807, 2.05) is 26.0 Å². The number of morpholine rings is 1. The minimum atomic E-state index is -3.80. The van der Waals surface area contributed by atoms with Gasteiger partial charge in [0.2, 0.25) is 5.91 Å². The van der Waals surface area contributed by atoms with Crippen LogP contribution in [-0.4, -0.2) is 86.1 Å². The first-order valence-electron chi connectivity index (χ1n) is 12.6. The van der Waals surface area contributed by atoms with Crippen LogP contribution in [0.3, 0.4) is 0 Å². The molecule has 2 saturated heterocycles. The van der Waals surface area contributed by atoms with E-state index in [1.54, 1.807) is 18.2 Å². The molecule has 12 heteroatoms. The van der Waals surface area contributed by atoms with Crippen molar-refractivity contribution in [2.24, 2.45) is 5.92 Å². The fraction of sp³-hybridized carbons (Fsp3) is 0.560. The lowest BCUT2D eigenvalue weighted by molar-refractivity contribution is -0.129. The number of amides is 2. The van der Waals surface area contributed by atoms with Gasteiger partial charge in [-0.2, -0.15) is 17.0 Å². The Hall–Kier alpha value is -2.80. The second kappa shape index (κ2) is 11.7. The molecular weight excluding hydrogens is 500 g/mol. The minimum absolute atomic E-state index is 0.0886. The molecule has 0 bridgehead atoms. The second-order valence-corrected chi connectivity index (χ2v) is 11.8. The maximum Gasteiger partial charge on any atom is 0.287 e. The molecule has 3 heterocycles. The molecule has 2 fully saturated rings. The molecule has 2 aliphatic rings. The predicted octanol–water partition coefficient (Wildman–Crippen LogP) is 1.30. The Balaban J connectivity index is 1.41. The van der Waals surface area contributed by atoms with Gasteiger partial charge >= 0.3 is 0 Å². The van der Waals surface area contributed by atoms with Gasteiger partial charge in [0, 0.05) is 25.0 Å². The van der Waals surface area contributed by atoms with E-state index < -0.39 is 34.1 Å². The molecule has 0 radical (unpaired) electrons. The van der Waals surface area contributed by atoms with Gasteiger partial charge in [-0.15, -0.1) is 0 Å². The average molecular weight is 535 g/mol. The molecule has 0 unspecified atom stereocenters. The number of rotatable bonds is 8. The van der Waals surface area contributed by atoms with E-state index in [4.69, 9.17) is 9.15 Å². The van der Waals surface area contributed by atoms with Crippen molar-refractivity contribution in [3.63, 3.8) is 0 Å². The SMILES string of the molecule is CC(C)C[C@H](NC(=O)c1cc2ccccc2o1)C(=O)N[C@H]1CCCN(S(=O)(=O)N2CCOCC2)CC1=O. The number of fused-ring (bicyclic) bond motifs is 1. The number of carbonyl (C=O) groups excluding carboxylic acids is 3. The molecule has 1 aromatic carbocycles. The fourth-order valence-electron chi connectivity index (χ4n) is 4.58. The van der Waals surface area contributed by atoms with Gasteiger partial charge in [0.25, 0.3) is 16.1 Å². The lowest BCUT2D eigenvalue weighted by atomic mass is 10.0. The molecule has 202 valence electrons. The number of nitrogens with zero attached hydrogens (tertiary/aromatic N) is 2. The Morgan fingerprint density at radius 2 is 1.84 bits per heavy atom. The number of para-hydroxylation sites is 1. The van der Waals surface area contributed by atoms with E-state index in [-0.39, 0.29) is 43.6 Å². The summed E-state index contributed by atoms with van der Waals surface area (Å²) in [4.78, 5) is 39.1. The number of benzene rings is 1. The number of nitrogens with one attached hydrogen (secondary N) is 2. The van der Waals surface area contributed by atoms with Crippen LogP contribution in [0.1, 0.15) is 43.7 Å². The van der Waals surface area contributed by atoms with Crippen LogP contribution in [0.15, 0.2) is 34.7 Å². The van der Waals surface area contributed by atoms with Crippen LogP contribution >= 0.6 is 0 Å². The average Bonchev–Trinajstić information content (AvgIpc) is 3.23. The number of ketones is 1. The summed E-state index contributed by atoms with van der Waals surface area (Å²) in [7, 11) is -3.80. The highest BCUT2D eigenvalue weighted by Gasteiger charge is 2.37. The first kappa shape index (κ1) is 27.2. The summed E-state index contributed by atoms with van der Waals surface area (Å²) >= 11 is 0. The van der Waals surface area contributed by atoms with Gasteiger partial charge in [0.15, 0.2) is 11.5 Å². The molecule has 2 N–H and O–H groups in total. The van der Waals surface area contributed by atoms with E-state index in [2.05, 4.69) is 10.6 Å². The van der Waals surface area contributed by atoms with E-state index >= 15 is 0 Å². The lowest BCUT2D eigenvalue weighted by Crippen LogP contribution is -2.53. The third-order valence-electron chi connectivity index (χ3n) is 6.54. The second-order valence-electron chi connectivity index (χ2n) is 9.83. The van der Waals surface area contributed by atoms with Crippen LogP contribution < -0.4 is 10.6 Å². The summed E-state index contributed by atoms with van der Waals surface area (Å²) in [5, 5.41) is 6.28. The van der Waals surface area contributed by atoms with Crippen molar-refractivity contribution < 1.29 is 32.0 Å². The zero-order valence-corrected chi connectivity index (χ0v) is 22.0. The quantitative estimate of drug-likeness (QED) is 0.521. The molecule has 2 atom stereocenters. The zero-order chi connectivity index (χ0) is 26.6. The van der Waals surface area contributed by atoms with E-state index in [0.29, 0.717) is 38.1 Å². The highest BCUT2D eigenvalue weighted by molar-refractivity contribution is 7.86. The third kappa shape index (κ3) is 6.56. The van der Waals surface area contributed by atoms with Crippen molar-refractivity contribution in [1.29, 1.82) is 0 Å². The molecule has 4 rings (SSSR count). The minimum Gasteiger partial charge on any atom is -0.451 e. The maximum atomic E-state index is 13.2. The van der Waals surface area contributed by atoms with Gasteiger partial charge < -0.3 is 19.8 Å². The smallest absolute Gasteiger partial charge is 0.287 e. The van der Waals surface area contributed by atoms with E-state index in [9.17, 15) is 22.8 Å². The van der Waals surface area contributed by atoms with Crippen LogP contribution in [-0.2, 0) is 24.5 Å². The van der Waals surface area contributed by atoms with Crippen LogP contribution in [0.2, 0.25) is 0 Å². The summed E-state index contributed by atoms with van der Waals surface area (Å²) in [6, 6.07) is 7.12. The molecule has 2 aliphatic heterocycles. The number of ether oxygens (including phenoxy) is 1. The summed E-state index contributed by atoms with van der Waals surface area (Å²) < 4.78 is 39.4. The van der Waals surface area contributed by atoms with Crippen molar-refractivity contribution in [3.05, 3.63) is 36.1 Å². The zero-order valence-electron chi connectivity index (χ0n) is 21.1. The van der Waals surface area contributed by atoms with Gasteiger partial charge in [0.05, 0.1) is 25.8 Å². The summed E-state index contributed by atoms with van der Waals surface area (Å²) in [6.07, 6.45) is 1.09. The van der Waals surface area contributed by atoms with Crippen molar-refractivity contribution in [1.82, 2.24) is 19.2 Å². The number of Topliss-reactive ketones (excluding diaryl/α,β-unsaturated/α-hetero) is 1. The Kier molecular flexibility index (Phi) is 8.63. The number of furan rings is 1. The molecule has 0 saturated carbocycles. The van der Waals surface area contributed by atoms with Crippen LogP contribution in [0.5, 0.6) is 0 Å². The Morgan fingerprint density at radius 1 is 1.11 bits per heavy atom. The first-order chi connectivity index (χ1) is 17.6. The monoisotopic (exact) mass is 534 g/mol. The predicted molar refractivity (Wildman–Crippen MR) is 136 cm³/mol. The largest absolute Gasteiger partial charge is 0.451 e. The number of carbonyl (C=O) groups is 3. The standard InChI is InChI=1S/C25H34N4O7S/c1-17(2)14-20(27-25(32)23-15-18-6-3-4-8-22(18)36-23)24(31)26-19-7-5-9-29(16-21(19)30)37(33,34)28-10-12-35-13-11-28/h3-4,6,8,15,17,19-20H,5,7,9-14,16H2,1-2H3,(H,26,31)(H,27,32)/t19-,20-/m0/s1. The van der Waals surface area contributed by atoms with Gasteiger partial charge in [-0.05, 0) is 37.3 Å². The van der Waals surface area contributed by atoms with Crippen molar-refractivity contribution in [2.75, 3.05) is 39.4 Å². The molecule has 2 aromatic rings. The Labute approximate surface area is 216 Å². The highest BCUT2D eigenvalue weighted by Crippen LogP contribution is 2.20. The summed E-state index contributed by atoms with van der Waals surface area (Å²) in [5.41, 5.74) is 0.568. The summed E-state index contributed by atoms with van der Waals surface area (Å²) in [6.45, 7) is 4.86. The van der Waals surface area contributed by atoms with Gasteiger partial charge in [0.1, 0.15) is 11.6 Å². The molecule has 37 heavy (non-hydrogen) atoms. The van der Waals surface area contributed by atoms with E-state index in [0.717, 1.165) is 5.39 Å². The van der Waals surface area contributed by atoms with Gasteiger partial charge in [-0.25, -0.2) is 0 Å². The van der Waals surface area contributed by atoms with Gasteiger partial charge in [-0.1, -0.05) is 32.0 Å². The van der Waals surface area contributed by atoms with Crippen molar-refractivity contribution in [2.45, 2.75) is 45.2 Å².